The first-order valence-electron chi connectivity index (χ1n) is 9.21. The van der Waals surface area contributed by atoms with Gasteiger partial charge in [-0.1, -0.05) is 24.6 Å². The van der Waals surface area contributed by atoms with E-state index in [0.717, 1.165) is 60.6 Å². The second-order valence-electron chi connectivity index (χ2n) is 6.16. The van der Waals surface area contributed by atoms with Gasteiger partial charge in [0.25, 0.3) is 0 Å². The van der Waals surface area contributed by atoms with E-state index in [1.54, 1.807) is 0 Å². The van der Waals surface area contributed by atoms with Gasteiger partial charge in [0.15, 0.2) is 5.96 Å². The van der Waals surface area contributed by atoms with Gasteiger partial charge in [0, 0.05) is 30.5 Å². The van der Waals surface area contributed by atoms with E-state index in [0.29, 0.717) is 13.0 Å². The average Bonchev–Trinajstić information content (AvgIpc) is 2.98. The van der Waals surface area contributed by atoms with Gasteiger partial charge in [0.05, 0.1) is 7.11 Å². The minimum atomic E-state index is -0.144. The van der Waals surface area contributed by atoms with Crippen LogP contribution in [0, 0.1) is 6.92 Å². The lowest BCUT2D eigenvalue weighted by Gasteiger charge is -2.11. The monoisotopic (exact) mass is 487 g/mol. The summed E-state index contributed by atoms with van der Waals surface area (Å²) >= 11 is 0. The van der Waals surface area contributed by atoms with Crippen molar-refractivity contribution in [3.8, 4) is 0 Å². The molecule has 6 nitrogen and oxygen atoms in total. The van der Waals surface area contributed by atoms with Gasteiger partial charge in [-0.2, -0.15) is 0 Å². The highest BCUT2D eigenvalue weighted by atomic mass is 127. The predicted octanol–water partition coefficient (Wildman–Crippen LogP) is 4.15. The number of guanidine groups is 1. The molecule has 150 valence electrons. The van der Waals surface area contributed by atoms with Gasteiger partial charge in [0.2, 0.25) is 0 Å². The van der Waals surface area contributed by atoms with Crippen molar-refractivity contribution in [2.24, 2.45) is 4.99 Å². The molecule has 7 heteroatoms. The molecule has 1 heterocycles. The van der Waals surface area contributed by atoms with Crippen molar-refractivity contribution >= 4 is 46.9 Å². The highest BCUT2D eigenvalue weighted by Gasteiger charge is 2.09. The maximum Gasteiger partial charge on any atom is 0.305 e. The fraction of sp³-hybridized carbons (Fsp3) is 0.500. The van der Waals surface area contributed by atoms with Crippen molar-refractivity contribution in [3.63, 3.8) is 0 Å². The molecular formula is C20H30IN3O3. The molecule has 0 spiro atoms. The van der Waals surface area contributed by atoms with E-state index in [1.807, 2.05) is 25.1 Å². The molecule has 0 saturated carbocycles. The zero-order chi connectivity index (χ0) is 18.8. The minimum absolute atomic E-state index is 0. The molecule has 0 radical (unpaired) electrons. The Morgan fingerprint density at radius 1 is 1.19 bits per heavy atom. The lowest BCUT2D eigenvalue weighted by atomic mass is 10.1. The summed E-state index contributed by atoms with van der Waals surface area (Å²) < 4.78 is 10.6. The Kier molecular flexibility index (Phi) is 10.8. The standard InChI is InChI=1S/C20H29N3O3.HI/c1-4-21-20(22-13-9-5-6-12-19(24)25-3)23-14-18-15(2)16-10-7-8-11-17(16)26-18;/h7-8,10-11H,4-6,9,12-14H2,1-3H3,(H2,21,22,23);1H. The molecule has 2 rings (SSSR count). The zero-order valence-electron chi connectivity index (χ0n) is 16.3. The molecule has 2 aromatic rings. The number of esters is 1. The smallest absolute Gasteiger partial charge is 0.305 e. The third kappa shape index (κ3) is 7.40. The van der Waals surface area contributed by atoms with Crippen molar-refractivity contribution in [2.75, 3.05) is 20.2 Å². The predicted molar refractivity (Wildman–Crippen MR) is 120 cm³/mol. The van der Waals surface area contributed by atoms with E-state index in [2.05, 4.69) is 33.4 Å². The maximum absolute atomic E-state index is 11.1. The van der Waals surface area contributed by atoms with Crippen LogP contribution in [0.1, 0.15) is 43.9 Å². The van der Waals surface area contributed by atoms with Crippen LogP contribution in [0.2, 0.25) is 0 Å². The van der Waals surface area contributed by atoms with E-state index in [9.17, 15) is 4.79 Å². The molecule has 0 aliphatic carbocycles. The second kappa shape index (κ2) is 12.6. The number of fused-ring (bicyclic) bond motifs is 1. The summed E-state index contributed by atoms with van der Waals surface area (Å²) in [6.45, 7) is 6.22. The fourth-order valence-electron chi connectivity index (χ4n) is 2.75. The first kappa shape index (κ1) is 23.3. The van der Waals surface area contributed by atoms with Gasteiger partial charge in [-0.05, 0) is 32.8 Å². The number of para-hydroxylation sites is 1. The molecule has 0 atom stereocenters. The second-order valence-corrected chi connectivity index (χ2v) is 6.16. The number of aliphatic imine (C=N–C) groups is 1. The summed E-state index contributed by atoms with van der Waals surface area (Å²) in [7, 11) is 1.42. The molecule has 27 heavy (non-hydrogen) atoms. The minimum Gasteiger partial charge on any atom is -0.469 e. The van der Waals surface area contributed by atoms with Gasteiger partial charge in [-0.25, -0.2) is 4.99 Å². The Bertz CT molecular complexity index is 743. The number of nitrogens with zero attached hydrogens (tertiary/aromatic N) is 1. The first-order chi connectivity index (χ1) is 12.7. The van der Waals surface area contributed by atoms with Gasteiger partial charge in [0.1, 0.15) is 17.9 Å². The van der Waals surface area contributed by atoms with Crippen LogP contribution in [0.5, 0.6) is 0 Å². The average molecular weight is 487 g/mol. The Morgan fingerprint density at radius 2 is 1.96 bits per heavy atom. The maximum atomic E-state index is 11.1. The van der Waals surface area contributed by atoms with Crippen molar-refractivity contribution in [1.29, 1.82) is 0 Å². The van der Waals surface area contributed by atoms with Crippen LogP contribution >= 0.6 is 24.0 Å². The van der Waals surface area contributed by atoms with Gasteiger partial charge < -0.3 is 19.8 Å². The lowest BCUT2D eigenvalue weighted by molar-refractivity contribution is -0.140. The number of hydrogen-bond donors (Lipinski definition) is 2. The molecule has 0 fully saturated rings. The summed E-state index contributed by atoms with van der Waals surface area (Å²) in [5, 5.41) is 7.71. The molecular weight excluding hydrogens is 457 g/mol. The first-order valence-corrected chi connectivity index (χ1v) is 9.21. The van der Waals surface area contributed by atoms with E-state index < -0.39 is 0 Å². The van der Waals surface area contributed by atoms with Crippen molar-refractivity contribution < 1.29 is 13.9 Å². The number of hydrogen-bond acceptors (Lipinski definition) is 4. The molecule has 1 aromatic carbocycles. The van der Waals surface area contributed by atoms with Crippen LogP contribution in [0.4, 0.5) is 0 Å². The number of carbonyl (C=O) groups excluding carboxylic acids is 1. The molecule has 0 saturated heterocycles. The quantitative estimate of drug-likeness (QED) is 0.183. The number of benzene rings is 1. The van der Waals surface area contributed by atoms with Crippen LogP contribution in [-0.4, -0.2) is 32.1 Å². The van der Waals surface area contributed by atoms with E-state index in [1.165, 1.54) is 7.11 Å². The Balaban J connectivity index is 0.00000364. The SMILES string of the molecule is CCNC(=NCc1oc2ccccc2c1C)NCCCCCC(=O)OC.I. The molecule has 1 aromatic heterocycles. The normalized spacial score (nSPS) is 11.1. The van der Waals surface area contributed by atoms with Crippen LogP contribution < -0.4 is 10.6 Å². The molecule has 0 aliphatic rings. The third-order valence-electron chi connectivity index (χ3n) is 4.25. The molecule has 0 unspecified atom stereocenters. The number of ether oxygens (including phenoxy) is 1. The highest BCUT2D eigenvalue weighted by Crippen LogP contribution is 2.25. The number of unbranched alkanes of at least 4 members (excludes halogenated alkanes) is 2. The molecule has 0 bridgehead atoms. The molecule has 2 N–H and O–H groups in total. The number of aryl methyl sites for hydroxylation is 1. The van der Waals surface area contributed by atoms with Crippen molar-refractivity contribution in [2.45, 2.75) is 46.1 Å². The summed E-state index contributed by atoms with van der Waals surface area (Å²) in [6.07, 6.45) is 3.28. The van der Waals surface area contributed by atoms with Gasteiger partial charge >= 0.3 is 5.97 Å². The van der Waals surface area contributed by atoms with E-state index >= 15 is 0 Å². The Hall–Kier alpha value is -1.77. The molecule has 0 amide bonds. The molecule has 0 aliphatic heterocycles. The Morgan fingerprint density at radius 3 is 2.67 bits per heavy atom. The highest BCUT2D eigenvalue weighted by molar-refractivity contribution is 14.0. The van der Waals surface area contributed by atoms with E-state index in [4.69, 9.17) is 4.42 Å². The summed E-state index contributed by atoms with van der Waals surface area (Å²) in [5.41, 5.74) is 2.04. The summed E-state index contributed by atoms with van der Waals surface area (Å²) in [5.74, 6) is 1.52. The van der Waals surface area contributed by atoms with Crippen LogP contribution in [0.25, 0.3) is 11.0 Å². The van der Waals surface area contributed by atoms with Crippen molar-refractivity contribution in [3.05, 3.63) is 35.6 Å². The Labute approximate surface area is 178 Å². The third-order valence-corrected chi connectivity index (χ3v) is 4.25. The van der Waals surface area contributed by atoms with Crippen molar-refractivity contribution in [1.82, 2.24) is 10.6 Å². The number of rotatable bonds is 9. The van der Waals surface area contributed by atoms with Gasteiger partial charge in [-0.15, -0.1) is 24.0 Å². The lowest BCUT2D eigenvalue weighted by Crippen LogP contribution is -2.37. The number of methoxy groups -OCH3 is 1. The number of carbonyl (C=O) groups is 1. The number of halogens is 1. The van der Waals surface area contributed by atoms with Gasteiger partial charge in [-0.3, -0.25) is 4.79 Å². The van der Waals surface area contributed by atoms with Crippen LogP contribution in [-0.2, 0) is 16.1 Å². The number of furan rings is 1. The summed E-state index contributed by atoms with van der Waals surface area (Å²) in [6, 6.07) is 8.04. The largest absolute Gasteiger partial charge is 0.469 e. The van der Waals surface area contributed by atoms with Crippen LogP contribution in [0.3, 0.4) is 0 Å². The zero-order valence-corrected chi connectivity index (χ0v) is 18.7. The topological polar surface area (TPSA) is 75.9 Å². The van der Waals surface area contributed by atoms with E-state index in [-0.39, 0.29) is 29.9 Å². The number of nitrogens with one attached hydrogen (secondary N) is 2. The van der Waals surface area contributed by atoms with Crippen LogP contribution in [0.15, 0.2) is 33.7 Å². The fourth-order valence-corrected chi connectivity index (χ4v) is 2.75. The summed E-state index contributed by atoms with van der Waals surface area (Å²) in [4.78, 5) is 15.7.